The van der Waals surface area contributed by atoms with Gasteiger partial charge < -0.3 is 5.32 Å². The fourth-order valence-electron chi connectivity index (χ4n) is 2.49. The Morgan fingerprint density at radius 2 is 2.00 bits per heavy atom. The third-order valence-electron chi connectivity index (χ3n) is 3.38. The Balaban J connectivity index is 1.96. The molecular formula is C11H17F2N. The van der Waals surface area contributed by atoms with Gasteiger partial charge in [-0.05, 0) is 38.5 Å². The van der Waals surface area contributed by atoms with Crippen LogP contribution in [0.1, 0.15) is 26.7 Å². The highest BCUT2D eigenvalue weighted by molar-refractivity contribution is 5.13. The minimum atomic E-state index is -2.30. The number of alkyl halides is 2. The summed E-state index contributed by atoms with van der Waals surface area (Å²) < 4.78 is 25.3. The van der Waals surface area contributed by atoms with Crippen LogP contribution in [0.3, 0.4) is 0 Å². The van der Waals surface area contributed by atoms with Crippen LogP contribution in [0.4, 0.5) is 8.78 Å². The molecule has 2 aliphatic carbocycles. The minimum absolute atomic E-state index is 0.258. The van der Waals surface area contributed by atoms with Crippen LogP contribution in [-0.2, 0) is 0 Å². The molecule has 1 nitrogen and oxygen atoms in total. The van der Waals surface area contributed by atoms with Gasteiger partial charge in [0.15, 0.2) is 0 Å². The first kappa shape index (κ1) is 10.1. The van der Waals surface area contributed by atoms with Gasteiger partial charge in [-0.2, -0.15) is 0 Å². The van der Waals surface area contributed by atoms with Crippen molar-refractivity contribution in [3.05, 3.63) is 12.2 Å². The van der Waals surface area contributed by atoms with Crippen molar-refractivity contribution in [2.75, 3.05) is 0 Å². The highest BCUT2D eigenvalue weighted by atomic mass is 19.3. The zero-order chi connectivity index (χ0) is 10.3. The molecule has 2 aliphatic rings. The normalized spacial score (nSPS) is 35.9. The molecule has 0 aromatic rings. The van der Waals surface area contributed by atoms with Gasteiger partial charge in [-0.25, -0.2) is 8.78 Å². The number of halogens is 2. The summed E-state index contributed by atoms with van der Waals surface area (Å²) in [6.07, 6.45) is 4.27. The van der Waals surface area contributed by atoms with Crippen molar-refractivity contribution >= 4 is 0 Å². The maximum atomic E-state index is 12.6. The number of hydrogen-bond donors (Lipinski definition) is 1. The van der Waals surface area contributed by atoms with Gasteiger partial charge in [-0.1, -0.05) is 12.2 Å². The quantitative estimate of drug-likeness (QED) is 0.692. The number of fused-ring (bicyclic) bond motifs is 2. The van der Waals surface area contributed by atoms with Crippen LogP contribution < -0.4 is 5.32 Å². The topological polar surface area (TPSA) is 12.0 Å². The van der Waals surface area contributed by atoms with Gasteiger partial charge in [0, 0.05) is 6.04 Å². The Morgan fingerprint density at radius 3 is 2.43 bits per heavy atom. The first-order valence-electron chi connectivity index (χ1n) is 5.23. The SMILES string of the molecule is CC(C)(NC1C[C@@H]2C=C[C@H]1C2)C(F)F. The van der Waals surface area contributed by atoms with Crippen molar-refractivity contribution in [3.8, 4) is 0 Å². The largest absolute Gasteiger partial charge is 0.303 e. The predicted octanol–water partition coefficient (Wildman–Crippen LogP) is 2.58. The summed E-state index contributed by atoms with van der Waals surface area (Å²) in [6.45, 7) is 3.15. The maximum Gasteiger partial charge on any atom is 0.255 e. The molecule has 0 radical (unpaired) electrons. The van der Waals surface area contributed by atoms with E-state index in [2.05, 4.69) is 17.5 Å². The first-order valence-corrected chi connectivity index (χ1v) is 5.23. The molecule has 1 saturated carbocycles. The van der Waals surface area contributed by atoms with E-state index in [4.69, 9.17) is 0 Å². The van der Waals surface area contributed by atoms with Crippen LogP contribution in [0, 0.1) is 11.8 Å². The van der Waals surface area contributed by atoms with Crippen molar-refractivity contribution in [1.82, 2.24) is 5.32 Å². The van der Waals surface area contributed by atoms with Crippen molar-refractivity contribution < 1.29 is 8.78 Å². The third-order valence-corrected chi connectivity index (χ3v) is 3.38. The summed E-state index contributed by atoms with van der Waals surface area (Å²) >= 11 is 0. The molecule has 80 valence electrons. The molecule has 14 heavy (non-hydrogen) atoms. The van der Waals surface area contributed by atoms with Crippen molar-refractivity contribution in [2.45, 2.75) is 44.7 Å². The molecule has 2 rings (SSSR count). The lowest BCUT2D eigenvalue weighted by Gasteiger charge is -2.32. The summed E-state index contributed by atoms with van der Waals surface area (Å²) in [6, 6.07) is 0.258. The number of nitrogens with one attached hydrogen (secondary N) is 1. The Hall–Kier alpha value is -0.440. The summed E-state index contributed by atoms with van der Waals surface area (Å²) in [7, 11) is 0. The molecule has 0 saturated heterocycles. The number of allylic oxidation sites excluding steroid dienone is 1. The molecule has 1 fully saturated rings. The summed E-state index contributed by atoms with van der Waals surface area (Å²) in [5.41, 5.74) is -1.05. The van der Waals surface area contributed by atoms with Gasteiger partial charge in [-0.15, -0.1) is 0 Å². The lowest BCUT2D eigenvalue weighted by atomic mass is 9.97. The highest BCUT2D eigenvalue weighted by Crippen LogP contribution is 2.40. The van der Waals surface area contributed by atoms with Crippen LogP contribution in [0.5, 0.6) is 0 Å². The molecule has 3 atom stereocenters. The Morgan fingerprint density at radius 1 is 1.29 bits per heavy atom. The van der Waals surface area contributed by atoms with Crippen LogP contribution in [0.2, 0.25) is 0 Å². The Kier molecular flexibility index (Phi) is 2.38. The molecule has 0 aromatic heterocycles. The highest BCUT2D eigenvalue weighted by Gasteiger charge is 2.40. The van der Waals surface area contributed by atoms with Crippen LogP contribution >= 0.6 is 0 Å². The van der Waals surface area contributed by atoms with Crippen LogP contribution in [-0.4, -0.2) is 18.0 Å². The van der Waals surface area contributed by atoms with E-state index < -0.39 is 12.0 Å². The van der Waals surface area contributed by atoms with Gasteiger partial charge in [0.05, 0.1) is 5.54 Å². The third kappa shape index (κ3) is 1.70. The van der Waals surface area contributed by atoms with Crippen molar-refractivity contribution in [3.63, 3.8) is 0 Å². The molecule has 0 amide bonds. The maximum absolute atomic E-state index is 12.6. The molecule has 0 spiro atoms. The van der Waals surface area contributed by atoms with Gasteiger partial charge in [0.2, 0.25) is 0 Å². The fourth-order valence-corrected chi connectivity index (χ4v) is 2.49. The summed E-state index contributed by atoms with van der Waals surface area (Å²) in [4.78, 5) is 0. The molecule has 0 aliphatic heterocycles. The molecule has 1 unspecified atom stereocenters. The van der Waals surface area contributed by atoms with Crippen molar-refractivity contribution in [2.24, 2.45) is 11.8 Å². The smallest absolute Gasteiger partial charge is 0.255 e. The minimum Gasteiger partial charge on any atom is -0.303 e. The summed E-state index contributed by atoms with van der Waals surface area (Å²) in [5.74, 6) is 1.11. The molecule has 1 N–H and O–H groups in total. The van der Waals surface area contributed by atoms with Gasteiger partial charge in [-0.3, -0.25) is 0 Å². The van der Waals surface area contributed by atoms with Crippen LogP contribution in [0.15, 0.2) is 12.2 Å². The lowest BCUT2D eigenvalue weighted by molar-refractivity contribution is 0.0416. The molecule has 2 bridgehead atoms. The number of rotatable bonds is 3. The van der Waals surface area contributed by atoms with Crippen molar-refractivity contribution in [1.29, 1.82) is 0 Å². The van der Waals surface area contributed by atoms with E-state index in [0.717, 1.165) is 12.8 Å². The second-order valence-electron chi connectivity index (χ2n) is 5.05. The molecule has 0 heterocycles. The van der Waals surface area contributed by atoms with E-state index in [1.807, 2.05) is 0 Å². The molecular weight excluding hydrogens is 184 g/mol. The monoisotopic (exact) mass is 201 g/mol. The predicted molar refractivity (Wildman–Crippen MR) is 52.4 cm³/mol. The average Bonchev–Trinajstić information content (AvgIpc) is 2.63. The van der Waals surface area contributed by atoms with E-state index in [1.165, 1.54) is 0 Å². The van der Waals surface area contributed by atoms with Gasteiger partial charge >= 0.3 is 0 Å². The Labute approximate surface area is 83.6 Å². The first-order chi connectivity index (χ1) is 6.49. The standard InChI is InChI=1S/C11H17F2N/c1-11(2,10(12)13)14-9-6-7-3-4-8(9)5-7/h3-4,7-10,14H,5-6H2,1-2H3/t7-,8+,9?/m1/s1. The second-order valence-corrected chi connectivity index (χ2v) is 5.05. The second kappa shape index (κ2) is 3.30. The van der Waals surface area contributed by atoms with E-state index in [0.29, 0.717) is 11.8 Å². The van der Waals surface area contributed by atoms with Crippen LogP contribution in [0.25, 0.3) is 0 Å². The van der Waals surface area contributed by atoms with Gasteiger partial charge in [0.25, 0.3) is 6.43 Å². The zero-order valence-electron chi connectivity index (χ0n) is 8.63. The Bertz CT molecular complexity index is 248. The average molecular weight is 201 g/mol. The van der Waals surface area contributed by atoms with E-state index in [9.17, 15) is 8.78 Å². The lowest BCUT2D eigenvalue weighted by Crippen LogP contribution is -2.52. The molecule has 0 aromatic carbocycles. The molecule has 3 heteroatoms. The van der Waals surface area contributed by atoms with E-state index >= 15 is 0 Å². The fraction of sp³-hybridized carbons (Fsp3) is 0.818. The summed E-state index contributed by atoms with van der Waals surface area (Å²) in [5, 5.41) is 3.08. The number of hydrogen-bond acceptors (Lipinski definition) is 1. The van der Waals surface area contributed by atoms with E-state index in [1.54, 1.807) is 13.8 Å². The van der Waals surface area contributed by atoms with E-state index in [-0.39, 0.29) is 6.04 Å². The van der Waals surface area contributed by atoms with Gasteiger partial charge in [0.1, 0.15) is 0 Å². The zero-order valence-corrected chi connectivity index (χ0v) is 8.63.